The summed E-state index contributed by atoms with van der Waals surface area (Å²) in [4.78, 5) is 28.3. The molecule has 0 fully saturated rings. The maximum absolute atomic E-state index is 13.7. The average molecular weight is 625 g/mol. The van der Waals surface area contributed by atoms with E-state index in [-0.39, 0.29) is 54.5 Å². The predicted octanol–water partition coefficient (Wildman–Crippen LogP) is 3.91. The predicted molar refractivity (Wildman–Crippen MR) is 164 cm³/mol. The summed E-state index contributed by atoms with van der Waals surface area (Å²) in [5.41, 5.74) is 1.94. The summed E-state index contributed by atoms with van der Waals surface area (Å²) in [6, 6.07) is 15.3. The van der Waals surface area contributed by atoms with Gasteiger partial charge in [0.15, 0.2) is 11.5 Å². The van der Waals surface area contributed by atoms with Gasteiger partial charge in [0.1, 0.15) is 11.9 Å². The Morgan fingerprint density at radius 3 is 2.34 bits per heavy atom. The SMILES string of the molecule is Cc1ccc(S(=O)(=O)N(C)C[C@H]2Oc3ccc(NC(=O)Nc4ccc5c(c4)OCO5)cc3C(=O)N([C@H](C)CO)C[C@H]2C)cc1. The van der Waals surface area contributed by atoms with Crippen LogP contribution >= 0.6 is 0 Å². The van der Waals surface area contributed by atoms with Gasteiger partial charge in [-0.05, 0) is 56.3 Å². The Kier molecular flexibility index (Phi) is 9.00. The molecule has 0 bridgehead atoms. The van der Waals surface area contributed by atoms with Crippen molar-refractivity contribution in [1.29, 1.82) is 0 Å². The number of anilines is 2. The lowest BCUT2D eigenvalue weighted by Gasteiger charge is -2.38. The number of benzene rings is 3. The van der Waals surface area contributed by atoms with E-state index in [2.05, 4.69) is 10.6 Å². The van der Waals surface area contributed by atoms with E-state index < -0.39 is 28.2 Å². The molecule has 3 amide bonds. The van der Waals surface area contributed by atoms with Crippen LogP contribution in [-0.2, 0) is 10.0 Å². The molecule has 13 heteroatoms. The van der Waals surface area contributed by atoms with Crippen LogP contribution in [0.3, 0.4) is 0 Å². The summed E-state index contributed by atoms with van der Waals surface area (Å²) in [5.74, 6) is 0.675. The van der Waals surface area contributed by atoms with Gasteiger partial charge >= 0.3 is 6.03 Å². The van der Waals surface area contributed by atoms with Crippen molar-refractivity contribution in [3.63, 3.8) is 0 Å². The molecule has 234 valence electrons. The largest absolute Gasteiger partial charge is 0.488 e. The fourth-order valence-corrected chi connectivity index (χ4v) is 6.21. The Morgan fingerprint density at radius 1 is 1.02 bits per heavy atom. The molecule has 2 heterocycles. The van der Waals surface area contributed by atoms with Crippen molar-refractivity contribution in [3.8, 4) is 17.2 Å². The van der Waals surface area contributed by atoms with Gasteiger partial charge in [0.05, 0.1) is 29.7 Å². The van der Waals surface area contributed by atoms with Gasteiger partial charge in [-0.2, -0.15) is 4.31 Å². The molecule has 2 aliphatic heterocycles. The first-order valence-corrected chi connectivity index (χ1v) is 15.6. The number of rotatable bonds is 8. The molecule has 44 heavy (non-hydrogen) atoms. The van der Waals surface area contributed by atoms with Crippen LogP contribution in [0.25, 0.3) is 0 Å². The highest BCUT2D eigenvalue weighted by atomic mass is 32.2. The lowest BCUT2D eigenvalue weighted by molar-refractivity contribution is 0.0387. The number of aryl methyl sites for hydroxylation is 1. The Morgan fingerprint density at radius 2 is 1.66 bits per heavy atom. The van der Waals surface area contributed by atoms with Crippen molar-refractivity contribution < 1.29 is 37.3 Å². The number of nitrogens with zero attached hydrogens (tertiary/aromatic N) is 2. The lowest BCUT2D eigenvalue weighted by atomic mass is 9.99. The number of nitrogens with one attached hydrogen (secondary N) is 2. The molecule has 3 atom stereocenters. The van der Waals surface area contributed by atoms with Gasteiger partial charge in [0.2, 0.25) is 16.8 Å². The Labute approximate surface area is 256 Å². The minimum atomic E-state index is -3.81. The second-order valence-electron chi connectivity index (χ2n) is 11.1. The number of carbonyl (C=O) groups is 2. The first kappa shape index (κ1) is 31.1. The van der Waals surface area contributed by atoms with Gasteiger partial charge in [0.25, 0.3) is 5.91 Å². The zero-order valence-corrected chi connectivity index (χ0v) is 25.8. The molecular weight excluding hydrogens is 588 g/mol. The molecule has 3 aromatic carbocycles. The molecule has 0 saturated carbocycles. The van der Waals surface area contributed by atoms with Gasteiger partial charge in [-0.15, -0.1) is 0 Å². The van der Waals surface area contributed by atoms with Crippen molar-refractivity contribution in [3.05, 3.63) is 71.8 Å². The maximum Gasteiger partial charge on any atom is 0.323 e. The van der Waals surface area contributed by atoms with Crippen molar-refractivity contribution in [2.75, 3.05) is 44.2 Å². The molecule has 2 aliphatic rings. The summed E-state index contributed by atoms with van der Waals surface area (Å²) in [6.45, 7) is 5.57. The van der Waals surface area contributed by atoms with E-state index in [4.69, 9.17) is 14.2 Å². The number of urea groups is 1. The van der Waals surface area contributed by atoms with Crippen LogP contribution in [0.2, 0.25) is 0 Å². The van der Waals surface area contributed by atoms with Gasteiger partial charge in [0, 0.05) is 37.0 Å². The van der Waals surface area contributed by atoms with Crippen molar-refractivity contribution in [1.82, 2.24) is 9.21 Å². The number of fused-ring (bicyclic) bond motifs is 2. The quantitative estimate of drug-likeness (QED) is 0.342. The summed E-state index contributed by atoms with van der Waals surface area (Å²) < 4.78 is 44.9. The summed E-state index contributed by atoms with van der Waals surface area (Å²) in [6.07, 6.45) is -0.631. The van der Waals surface area contributed by atoms with Gasteiger partial charge < -0.3 is 34.9 Å². The molecule has 5 rings (SSSR count). The molecule has 3 aromatic rings. The van der Waals surface area contributed by atoms with Gasteiger partial charge in [-0.3, -0.25) is 4.79 Å². The fraction of sp³-hybridized carbons (Fsp3) is 0.355. The summed E-state index contributed by atoms with van der Waals surface area (Å²) in [5, 5.41) is 15.4. The third kappa shape index (κ3) is 6.59. The van der Waals surface area contributed by atoms with E-state index in [1.54, 1.807) is 66.4 Å². The fourth-order valence-electron chi connectivity index (χ4n) is 5.03. The highest BCUT2D eigenvalue weighted by molar-refractivity contribution is 7.89. The monoisotopic (exact) mass is 624 g/mol. The minimum absolute atomic E-state index is 0.0181. The normalized spacial score (nSPS) is 18.6. The zero-order chi connectivity index (χ0) is 31.6. The molecular formula is C31H36N4O8S. The number of ether oxygens (including phenoxy) is 3. The van der Waals surface area contributed by atoms with Gasteiger partial charge in [-0.25, -0.2) is 13.2 Å². The van der Waals surface area contributed by atoms with Crippen molar-refractivity contribution in [2.24, 2.45) is 5.92 Å². The number of hydrogen-bond acceptors (Lipinski definition) is 8. The van der Waals surface area contributed by atoms with E-state index in [1.165, 1.54) is 17.4 Å². The molecule has 0 saturated heterocycles. The van der Waals surface area contributed by atoms with Crippen LogP contribution in [0.4, 0.5) is 16.2 Å². The lowest BCUT2D eigenvalue weighted by Crippen LogP contribution is -2.50. The average Bonchev–Trinajstić information content (AvgIpc) is 3.47. The van der Waals surface area contributed by atoms with E-state index in [0.29, 0.717) is 22.9 Å². The third-order valence-corrected chi connectivity index (χ3v) is 9.56. The number of aliphatic hydroxyl groups excluding tert-OH is 1. The van der Waals surface area contributed by atoms with E-state index in [1.807, 2.05) is 13.8 Å². The molecule has 0 radical (unpaired) electrons. The highest BCUT2D eigenvalue weighted by Gasteiger charge is 2.35. The number of carbonyl (C=O) groups excluding carboxylic acids is 2. The topological polar surface area (TPSA) is 147 Å². The Bertz CT molecular complexity index is 1650. The summed E-state index contributed by atoms with van der Waals surface area (Å²) >= 11 is 0. The molecule has 0 aromatic heterocycles. The number of sulfonamides is 1. The maximum atomic E-state index is 13.7. The minimum Gasteiger partial charge on any atom is -0.488 e. The first-order valence-electron chi connectivity index (χ1n) is 14.2. The van der Waals surface area contributed by atoms with E-state index >= 15 is 0 Å². The van der Waals surface area contributed by atoms with Crippen LogP contribution in [0, 0.1) is 12.8 Å². The molecule has 0 unspecified atom stereocenters. The first-order chi connectivity index (χ1) is 21.0. The molecule has 0 spiro atoms. The van der Waals surface area contributed by atoms with Crippen LogP contribution in [-0.4, -0.2) is 80.4 Å². The van der Waals surface area contributed by atoms with Crippen molar-refractivity contribution >= 4 is 33.3 Å². The number of amides is 3. The molecule has 3 N–H and O–H groups in total. The standard InChI is InChI=1S/C31H36N4O8S/c1-19-5-9-24(10-6-19)44(39,40)34(4)16-29-20(2)15-35(21(3)17-36)30(37)25-13-22(7-11-26(25)43-29)32-31(38)33-23-8-12-27-28(14-23)42-18-41-27/h5-14,20-21,29,36H,15-18H2,1-4H3,(H2,32,33,38)/t20-,21-,29-/m1/s1. The third-order valence-electron chi connectivity index (χ3n) is 7.72. The second-order valence-corrected chi connectivity index (χ2v) is 13.1. The zero-order valence-electron chi connectivity index (χ0n) is 24.9. The van der Waals surface area contributed by atoms with Crippen LogP contribution in [0.15, 0.2) is 65.6 Å². The highest BCUT2D eigenvalue weighted by Crippen LogP contribution is 2.35. The second kappa shape index (κ2) is 12.7. The van der Waals surface area contributed by atoms with Crippen LogP contribution in [0.5, 0.6) is 17.2 Å². The van der Waals surface area contributed by atoms with Crippen molar-refractivity contribution in [2.45, 2.75) is 37.8 Å². The van der Waals surface area contributed by atoms with E-state index in [9.17, 15) is 23.1 Å². The number of hydrogen-bond donors (Lipinski definition) is 3. The molecule has 12 nitrogen and oxygen atoms in total. The van der Waals surface area contributed by atoms with Gasteiger partial charge in [-0.1, -0.05) is 24.6 Å². The van der Waals surface area contributed by atoms with Crippen LogP contribution in [0.1, 0.15) is 29.8 Å². The number of likely N-dealkylation sites (N-methyl/N-ethyl adjacent to an activating group) is 1. The Balaban J connectivity index is 1.38. The smallest absolute Gasteiger partial charge is 0.323 e. The summed E-state index contributed by atoms with van der Waals surface area (Å²) in [7, 11) is -2.31. The molecule has 0 aliphatic carbocycles. The van der Waals surface area contributed by atoms with E-state index in [0.717, 1.165) is 5.56 Å². The van der Waals surface area contributed by atoms with Crippen LogP contribution < -0.4 is 24.8 Å². The Hall–Kier alpha value is -4.33. The number of aliphatic hydroxyl groups is 1.